The number of carbonyl (C=O) groups excluding carboxylic acids is 3. The number of benzene rings is 2. The Labute approximate surface area is 175 Å². The van der Waals surface area contributed by atoms with Gasteiger partial charge in [-0.15, -0.1) is 0 Å². The summed E-state index contributed by atoms with van der Waals surface area (Å²) in [7, 11) is 1.58. The highest BCUT2D eigenvalue weighted by atomic mass is 16.5. The highest BCUT2D eigenvalue weighted by Crippen LogP contribution is 2.25. The molecule has 3 rings (SSSR count). The number of fused-ring (bicyclic) bond motifs is 1. The van der Waals surface area contributed by atoms with Gasteiger partial charge in [0.1, 0.15) is 5.75 Å². The smallest absolute Gasteiger partial charge is 0.308 e. The van der Waals surface area contributed by atoms with Gasteiger partial charge in [0.05, 0.1) is 25.7 Å². The summed E-state index contributed by atoms with van der Waals surface area (Å²) in [5, 5.41) is 5.74. The molecule has 0 radical (unpaired) electrons. The lowest BCUT2D eigenvalue weighted by Crippen LogP contribution is -2.31. The zero-order chi connectivity index (χ0) is 21.7. The topological polar surface area (TPSA) is 93.7 Å². The summed E-state index contributed by atoms with van der Waals surface area (Å²) in [4.78, 5) is 36.7. The lowest BCUT2D eigenvalue weighted by Gasteiger charge is -2.21. The van der Waals surface area contributed by atoms with Crippen LogP contribution in [0.5, 0.6) is 5.75 Å². The van der Waals surface area contributed by atoms with Crippen molar-refractivity contribution in [1.82, 2.24) is 5.32 Å². The van der Waals surface area contributed by atoms with E-state index in [0.717, 1.165) is 16.8 Å². The van der Waals surface area contributed by atoms with Gasteiger partial charge in [-0.25, -0.2) is 0 Å². The van der Waals surface area contributed by atoms with Gasteiger partial charge in [-0.2, -0.15) is 0 Å². The number of hydrogen-bond donors (Lipinski definition) is 2. The number of amides is 2. The molecule has 2 amide bonds. The summed E-state index contributed by atoms with van der Waals surface area (Å²) in [5.41, 5.74) is 2.90. The average Bonchev–Trinajstić information content (AvgIpc) is 2.72. The van der Waals surface area contributed by atoms with Crippen molar-refractivity contribution in [2.45, 2.75) is 45.3 Å². The van der Waals surface area contributed by atoms with Crippen molar-refractivity contribution in [2.75, 3.05) is 12.4 Å². The molecule has 7 heteroatoms. The van der Waals surface area contributed by atoms with Crippen LogP contribution < -0.4 is 15.4 Å². The Morgan fingerprint density at radius 3 is 2.50 bits per heavy atom. The van der Waals surface area contributed by atoms with Crippen LogP contribution in [-0.2, 0) is 20.7 Å². The lowest BCUT2D eigenvalue weighted by molar-refractivity contribution is -0.148. The molecular weight excluding hydrogens is 384 g/mol. The van der Waals surface area contributed by atoms with Crippen molar-refractivity contribution < 1.29 is 23.9 Å². The highest BCUT2D eigenvalue weighted by molar-refractivity contribution is 5.98. The van der Waals surface area contributed by atoms with Crippen LogP contribution in [0.4, 0.5) is 5.69 Å². The number of anilines is 1. The Kier molecular flexibility index (Phi) is 6.72. The van der Waals surface area contributed by atoms with E-state index in [1.54, 1.807) is 51.3 Å². The van der Waals surface area contributed by atoms with Crippen LogP contribution in [0.2, 0.25) is 0 Å². The van der Waals surface area contributed by atoms with E-state index in [-0.39, 0.29) is 30.3 Å². The number of rotatable bonds is 7. The van der Waals surface area contributed by atoms with Gasteiger partial charge in [-0.1, -0.05) is 12.1 Å². The molecule has 30 heavy (non-hydrogen) atoms. The van der Waals surface area contributed by atoms with E-state index < -0.39 is 6.04 Å². The van der Waals surface area contributed by atoms with Crippen molar-refractivity contribution in [3.05, 3.63) is 59.2 Å². The van der Waals surface area contributed by atoms with Crippen LogP contribution >= 0.6 is 0 Å². The van der Waals surface area contributed by atoms with Gasteiger partial charge in [0.15, 0.2) is 0 Å². The molecule has 0 unspecified atom stereocenters. The molecule has 2 aromatic rings. The molecule has 0 saturated heterocycles. The zero-order valence-electron chi connectivity index (χ0n) is 17.4. The molecule has 1 aliphatic heterocycles. The summed E-state index contributed by atoms with van der Waals surface area (Å²) < 4.78 is 10.4. The Morgan fingerprint density at radius 2 is 1.83 bits per heavy atom. The zero-order valence-corrected chi connectivity index (χ0v) is 17.4. The first-order valence-electron chi connectivity index (χ1n) is 9.92. The van der Waals surface area contributed by atoms with E-state index in [9.17, 15) is 14.4 Å². The Balaban J connectivity index is 1.79. The molecule has 0 saturated carbocycles. The largest absolute Gasteiger partial charge is 0.497 e. The molecular formula is C23H26N2O5. The summed E-state index contributed by atoms with van der Waals surface area (Å²) in [6.45, 7) is 3.57. The number of esters is 1. The minimum absolute atomic E-state index is 0.0112. The molecule has 7 nitrogen and oxygen atoms in total. The second-order valence-electron chi connectivity index (χ2n) is 7.46. The maximum Gasteiger partial charge on any atom is 0.308 e. The molecule has 158 valence electrons. The van der Waals surface area contributed by atoms with Crippen LogP contribution in [0.25, 0.3) is 0 Å². The standard InChI is InChI=1S/C23H26N2O5/c1-14(2)30-22(27)13-20(15-4-8-18(29-3)9-5-15)25-23(28)17-6-10-19-16(12-17)7-11-21(26)24-19/h4-6,8-10,12,14,20H,7,11,13H2,1-3H3,(H,24,26)(H,25,28)/t20-/m1/s1. The molecule has 0 aromatic heterocycles. The summed E-state index contributed by atoms with van der Waals surface area (Å²) in [6, 6.07) is 11.8. The molecule has 2 N–H and O–H groups in total. The SMILES string of the molecule is COc1ccc([C@@H](CC(=O)OC(C)C)NC(=O)c2ccc3c(c2)CCC(=O)N3)cc1. The van der Waals surface area contributed by atoms with Gasteiger partial charge in [0, 0.05) is 17.7 Å². The third kappa shape index (κ3) is 5.37. The maximum absolute atomic E-state index is 12.9. The van der Waals surface area contributed by atoms with E-state index in [1.807, 2.05) is 12.1 Å². The van der Waals surface area contributed by atoms with Crippen molar-refractivity contribution in [1.29, 1.82) is 0 Å². The third-order valence-corrected chi connectivity index (χ3v) is 4.82. The predicted octanol–water partition coefficient (Wildman–Crippen LogP) is 3.39. The number of carbonyl (C=O) groups is 3. The Hall–Kier alpha value is -3.35. The first-order valence-corrected chi connectivity index (χ1v) is 9.92. The Morgan fingerprint density at radius 1 is 1.10 bits per heavy atom. The molecule has 0 bridgehead atoms. The van der Waals surface area contributed by atoms with Crippen molar-refractivity contribution in [3.63, 3.8) is 0 Å². The fourth-order valence-corrected chi connectivity index (χ4v) is 3.33. The minimum Gasteiger partial charge on any atom is -0.497 e. The molecule has 2 aromatic carbocycles. The van der Waals surface area contributed by atoms with E-state index in [0.29, 0.717) is 24.2 Å². The van der Waals surface area contributed by atoms with E-state index in [4.69, 9.17) is 9.47 Å². The predicted molar refractivity (Wildman–Crippen MR) is 112 cm³/mol. The van der Waals surface area contributed by atoms with Crippen molar-refractivity contribution in [2.24, 2.45) is 0 Å². The normalized spacial score (nSPS) is 13.8. The van der Waals surface area contributed by atoms with Gasteiger partial charge in [0.2, 0.25) is 5.91 Å². The van der Waals surface area contributed by atoms with Gasteiger partial charge in [-0.05, 0) is 61.7 Å². The average molecular weight is 410 g/mol. The molecule has 0 aliphatic carbocycles. The quantitative estimate of drug-likeness (QED) is 0.683. The van der Waals surface area contributed by atoms with Gasteiger partial charge in [0.25, 0.3) is 5.91 Å². The van der Waals surface area contributed by atoms with Crippen LogP contribution in [0.1, 0.15) is 54.2 Å². The van der Waals surface area contributed by atoms with E-state index in [1.165, 1.54) is 0 Å². The summed E-state index contributed by atoms with van der Waals surface area (Å²) >= 11 is 0. The van der Waals surface area contributed by atoms with E-state index in [2.05, 4.69) is 10.6 Å². The fraction of sp³-hybridized carbons (Fsp3) is 0.348. The number of aryl methyl sites for hydroxylation is 1. The fourth-order valence-electron chi connectivity index (χ4n) is 3.33. The summed E-state index contributed by atoms with van der Waals surface area (Å²) in [5.74, 6) is -0.0274. The first-order chi connectivity index (χ1) is 14.4. The third-order valence-electron chi connectivity index (χ3n) is 4.82. The number of nitrogens with one attached hydrogen (secondary N) is 2. The lowest BCUT2D eigenvalue weighted by atomic mass is 9.99. The van der Waals surface area contributed by atoms with Gasteiger partial charge < -0.3 is 20.1 Å². The Bertz CT molecular complexity index is 937. The molecule has 0 fully saturated rings. The molecule has 1 aliphatic rings. The van der Waals surface area contributed by atoms with E-state index >= 15 is 0 Å². The number of hydrogen-bond acceptors (Lipinski definition) is 5. The summed E-state index contributed by atoms with van der Waals surface area (Å²) in [6.07, 6.45) is 0.760. The van der Waals surface area contributed by atoms with Crippen LogP contribution in [0.15, 0.2) is 42.5 Å². The number of methoxy groups -OCH3 is 1. The van der Waals surface area contributed by atoms with Crippen molar-refractivity contribution >= 4 is 23.5 Å². The minimum atomic E-state index is -0.551. The second kappa shape index (κ2) is 9.43. The molecule has 1 atom stereocenters. The highest BCUT2D eigenvalue weighted by Gasteiger charge is 2.22. The molecule has 1 heterocycles. The molecule has 0 spiro atoms. The van der Waals surface area contributed by atoms with Crippen molar-refractivity contribution in [3.8, 4) is 5.75 Å². The monoisotopic (exact) mass is 410 g/mol. The van der Waals surface area contributed by atoms with Crippen LogP contribution in [0.3, 0.4) is 0 Å². The van der Waals surface area contributed by atoms with Crippen LogP contribution in [-0.4, -0.2) is 31.0 Å². The second-order valence-corrected chi connectivity index (χ2v) is 7.46. The van der Waals surface area contributed by atoms with Crippen LogP contribution in [0, 0.1) is 0 Å². The number of ether oxygens (including phenoxy) is 2. The maximum atomic E-state index is 12.9. The first kappa shape index (κ1) is 21.4. The van der Waals surface area contributed by atoms with Gasteiger partial charge in [-0.3, -0.25) is 14.4 Å². The van der Waals surface area contributed by atoms with Gasteiger partial charge >= 0.3 is 5.97 Å².